The van der Waals surface area contributed by atoms with Gasteiger partial charge in [-0.1, -0.05) is 23.8 Å². The van der Waals surface area contributed by atoms with Crippen molar-refractivity contribution >= 4 is 23.2 Å². The average molecular weight is 351 g/mol. The summed E-state index contributed by atoms with van der Waals surface area (Å²) in [4.78, 5) is 13.7. The highest BCUT2D eigenvalue weighted by atomic mass is 35.5. The van der Waals surface area contributed by atoms with Crippen molar-refractivity contribution < 1.29 is 9.53 Å². The highest BCUT2D eigenvalue weighted by molar-refractivity contribution is 6.36. The van der Waals surface area contributed by atoms with Crippen LogP contribution in [-0.4, -0.2) is 48.3 Å². The molecule has 0 aromatic carbocycles. The number of ether oxygens (including phenoxy) is 1. The average Bonchev–Trinajstić information content (AvgIpc) is 2.80. The lowest BCUT2D eigenvalue weighted by atomic mass is 10.3. The van der Waals surface area contributed by atoms with E-state index in [0.717, 1.165) is 17.8 Å². The van der Waals surface area contributed by atoms with Crippen molar-refractivity contribution in [3.63, 3.8) is 0 Å². The first-order valence-electron chi connectivity index (χ1n) is 7.83. The Kier molecular flexibility index (Phi) is 6.09. The molecule has 0 saturated heterocycles. The number of likely N-dealkylation sites (N-methyl/N-ethyl adjacent to an activating group) is 2. The lowest BCUT2D eigenvalue weighted by Crippen LogP contribution is -2.20. The maximum absolute atomic E-state index is 11.7. The fourth-order valence-corrected chi connectivity index (χ4v) is 2.60. The molecule has 1 amide bonds. The molecular weight excluding hydrogens is 328 g/mol. The smallest absolute Gasteiger partial charge is 0.225 e. The Morgan fingerprint density at radius 3 is 2.83 bits per heavy atom. The number of allylic oxidation sites excluding steroid dienone is 5. The second kappa shape index (κ2) is 8.06. The molecule has 1 aromatic heterocycles. The molecule has 1 aliphatic rings. The maximum Gasteiger partial charge on any atom is 0.225 e. The molecule has 1 heterocycles. The van der Waals surface area contributed by atoms with Crippen molar-refractivity contribution in [1.29, 1.82) is 0 Å². The van der Waals surface area contributed by atoms with Gasteiger partial charge in [0.25, 0.3) is 0 Å². The number of hydrogen-bond acceptors (Lipinski definition) is 4. The van der Waals surface area contributed by atoms with Crippen LogP contribution in [0.5, 0.6) is 5.75 Å². The summed E-state index contributed by atoms with van der Waals surface area (Å²) in [6.45, 7) is 2.40. The van der Waals surface area contributed by atoms with Gasteiger partial charge in [0, 0.05) is 26.8 Å². The largest absolute Gasteiger partial charge is 0.490 e. The van der Waals surface area contributed by atoms with E-state index in [4.69, 9.17) is 16.3 Å². The normalized spacial score (nSPS) is 14.3. The number of halogens is 1. The van der Waals surface area contributed by atoms with E-state index in [0.29, 0.717) is 23.1 Å². The van der Waals surface area contributed by atoms with Crippen molar-refractivity contribution in [2.24, 2.45) is 0 Å². The standard InChI is InChI=1S/C17H23ClN4O2/c1-5-24-16-11-22(20-14(16)10-17(23)19-2)15-8-6-7-12(21(3)4)9-13(15)18/h7-9,11H,5-6,10H2,1-4H3,(H,19,23). The fraction of sp³-hybridized carbons (Fsp3) is 0.412. The van der Waals surface area contributed by atoms with E-state index in [1.54, 1.807) is 17.9 Å². The zero-order chi connectivity index (χ0) is 17.7. The highest BCUT2D eigenvalue weighted by Gasteiger charge is 2.17. The lowest BCUT2D eigenvalue weighted by molar-refractivity contribution is -0.120. The zero-order valence-corrected chi connectivity index (χ0v) is 15.2. The molecule has 6 nitrogen and oxygen atoms in total. The zero-order valence-electron chi connectivity index (χ0n) is 14.5. The van der Waals surface area contributed by atoms with Crippen LogP contribution in [-0.2, 0) is 11.2 Å². The van der Waals surface area contributed by atoms with Crippen molar-refractivity contribution in [2.75, 3.05) is 27.7 Å². The topological polar surface area (TPSA) is 59.4 Å². The number of rotatable bonds is 6. The molecule has 1 aromatic rings. The van der Waals surface area contributed by atoms with E-state index >= 15 is 0 Å². The molecule has 130 valence electrons. The van der Waals surface area contributed by atoms with E-state index in [2.05, 4.69) is 16.5 Å². The Labute approximate surface area is 147 Å². The third-order valence-corrected chi connectivity index (χ3v) is 3.88. The molecule has 24 heavy (non-hydrogen) atoms. The number of aromatic nitrogens is 2. The van der Waals surface area contributed by atoms with E-state index in [-0.39, 0.29) is 12.3 Å². The van der Waals surface area contributed by atoms with Gasteiger partial charge >= 0.3 is 0 Å². The fourth-order valence-electron chi connectivity index (χ4n) is 2.32. The first-order chi connectivity index (χ1) is 11.5. The van der Waals surface area contributed by atoms with Crippen LogP contribution in [0.2, 0.25) is 0 Å². The molecule has 0 bridgehead atoms. The quantitative estimate of drug-likeness (QED) is 0.855. The summed E-state index contributed by atoms with van der Waals surface area (Å²) < 4.78 is 7.28. The SMILES string of the molecule is CCOc1cn(C2=CCC=C(N(C)C)C=C2Cl)nc1CC(=O)NC. The number of carbonyl (C=O) groups excluding carboxylic acids is 1. The van der Waals surface area contributed by atoms with Crippen LogP contribution in [0, 0.1) is 0 Å². The van der Waals surface area contributed by atoms with Crippen molar-refractivity contribution in [1.82, 2.24) is 20.0 Å². The molecule has 0 unspecified atom stereocenters. The van der Waals surface area contributed by atoms with Gasteiger partial charge in [-0.25, -0.2) is 4.68 Å². The minimum absolute atomic E-state index is 0.116. The molecule has 2 rings (SSSR count). The summed E-state index contributed by atoms with van der Waals surface area (Å²) in [7, 11) is 5.54. The molecule has 1 aliphatic carbocycles. The highest BCUT2D eigenvalue weighted by Crippen LogP contribution is 2.28. The Morgan fingerprint density at radius 1 is 1.46 bits per heavy atom. The van der Waals surface area contributed by atoms with Gasteiger partial charge in [-0.15, -0.1) is 0 Å². The Bertz CT molecular complexity index is 701. The predicted molar refractivity (Wildman–Crippen MR) is 95.8 cm³/mol. The molecule has 7 heteroatoms. The van der Waals surface area contributed by atoms with Gasteiger partial charge in [0.05, 0.1) is 30.0 Å². The van der Waals surface area contributed by atoms with Gasteiger partial charge in [0.1, 0.15) is 5.69 Å². The van der Waals surface area contributed by atoms with Gasteiger partial charge in [0.15, 0.2) is 5.75 Å². The first-order valence-corrected chi connectivity index (χ1v) is 8.21. The third-order valence-electron chi connectivity index (χ3n) is 3.58. The van der Waals surface area contributed by atoms with E-state index in [1.807, 2.05) is 38.1 Å². The van der Waals surface area contributed by atoms with Crippen LogP contribution in [0.25, 0.3) is 5.70 Å². The minimum Gasteiger partial charge on any atom is -0.490 e. The Morgan fingerprint density at radius 2 is 2.21 bits per heavy atom. The Hall–Kier alpha value is -2.21. The summed E-state index contributed by atoms with van der Waals surface area (Å²) in [5.74, 6) is 0.478. The number of amides is 1. The molecule has 0 aliphatic heterocycles. The third kappa shape index (κ3) is 4.20. The number of nitrogens with one attached hydrogen (secondary N) is 1. The van der Waals surface area contributed by atoms with Gasteiger partial charge in [-0.3, -0.25) is 4.79 Å². The van der Waals surface area contributed by atoms with Gasteiger partial charge in [0.2, 0.25) is 5.91 Å². The van der Waals surface area contributed by atoms with Crippen LogP contribution in [0.4, 0.5) is 0 Å². The molecule has 0 radical (unpaired) electrons. The van der Waals surface area contributed by atoms with Crippen LogP contribution in [0.1, 0.15) is 19.0 Å². The molecule has 1 N–H and O–H groups in total. The second-order valence-corrected chi connectivity index (χ2v) is 5.92. The van der Waals surface area contributed by atoms with Gasteiger partial charge < -0.3 is 15.0 Å². The summed E-state index contributed by atoms with van der Waals surface area (Å²) in [5, 5.41) is 7.69. The molecule has 0 fully saturated rings. The molecule has 0 saturated carbocycles. The summed E-state index contributed by atoms with van der Waals surface area (Å²) in [5.41, 5.74) is 2.40. The summed E-state index contributed by atoms with van der Waals surface area (Å²) in [6, 6.07) is 0. The molecule has 0 atom stereocenters. The summed E-state index contributed by atoms with van der Waals surface area (Å²) >= 11 is 6.48. The van der Waals surface area contributed by atoms with Crippen molar-refractivity contribution in [2.45, 2.75) is 19.8 Å². The van der Waals surface area contributed by atoms with Crippen LogP contribution in [0.3, 0.4) is 0 Å². The van der Waals surface area contributed by atoms with Crippen LogP contribution < -0.4 is 10.1 Å². The van der Waals surface area contributed by atoms with Crippen molar-refractivity contribution in [3.05, 3.63) is 40.8 Å². The molecular formula is C17H23ClN4O2. The van der Waals surface area contributed by atoms with Crippen LogP contribution >= 0.6 is 11.6 Å². The molecule has 0 spiro atoms. The second-order valence-electron chi connectivity index (χ2n) is 5.51. The maximum atomic E-state index is 11.7. The number of nitrogens with zero attached hydrogens (tertiary/aromatic N) is 3. The van der Waals surface area contributed by atoms with E-state index in [9.17, 15) is 4.79 Å². The van der Waals surface area contributed by atoms with Crippen molar-refractivity contribution in [3.8, 4) is 5.75 Å². The Balaban J connectivity index is 2.35. The number of hydrogen-bond donors (Lipinski definition) is 1. The number of carbonyl (C=O) groups is 1. The minimum atomic E-state index is -0.116. The predicted octanol–water partition coefficient (Wildman–Crippen LogP) is 2.38. The van der Waals surface area contributed by atoms with Gasteiger partial charge in [-0.05, 0) is 19.4 Å². The van der Waals surface area contributed by atoms with E-state index < -0.39 is 0 Å². The van der Waals surface area contributed by atoms with Gasteiger partial charge in [-0.2, -0.15) is 5.10 Å². The monoisotopic (exact) mass is 350 g/mol. The first kappa shape index (κ1) is 18.1. The summed E-state index contributed by atoms with van der Waals surface area (Å²) in [6.07, 6.45) is 8.67. The lowest BCUT2D eigenvalue weighted by Gasteiger charge is -2.13. The van der Waals surface area contributed by atoms with E-state index in [1.165, 1.54) is 0 Å². The van der Waals surface area contributed by atoms with Crippen LogP contribution in [0.15, 0.2) is 35.2 Å².